The molecule has 126 valence electrons. The van der Waals surface area contributed by atoms with Gasteiger partial charge in [-0.05, 0) is 37.3 Å². The minimum absolute atomic E-state index is 0.0928. The molecule has 0 unspecified atom stereocenters. The molecule has 1 aromatic carbocycles. The van der Waals surface area contributed by atoms with Gasteiger partial charge >= 0.3 is 0 Å². The summed E-state index contributed by atoms with van der Waals surface area (Å²) in [5.74, 6) is 1.49. The molecule has 0 bridgehead atoms. The lowest BCUT2D eigenvalue weighted by atomic mass is 10.1. The molecule has 0 saturated heterocycles. The number of carbonyl (C=O) groups is 1. The maximum Gasteiger partial charge on any atom is 0.278 e. The Hall–Kier alpha value is -2.61. The van der Waals surface area contributed by atoms with Gasteiger partial charge < -0.3 is 9.84 Å². The second-order valence-corrected chi connectivity index (χ2v) is 7.09. The van der Waals surface area contributed by atoms with Gasteiger partial charge in [-0.1, -0.05) is 5.16 Å². The molecule has 5 rings (SSSR count). The number of nitrogens with one attached hydrogen (secondary N) is 1. The molecule has 0 atom stereocenters. The number of hydrogen-bond acceptors (Lipinski definition) is 6. The summed E-state index contributed by atoms with van der Waals surface area (Å²) in [5, 5.41) is 7.01. The van der Waals surface area contributed by atoms with Crippen molar-refractivity contribution in [2.45, 2.75) is 30.2 Å². The number of benzene rings is 1. The van der Waals surface area contributed by atoms with E-state index in [1.165, 1.54) is 0 Å². The van der Waals surface area contributed by atoms with E-state index < -0.39 is 0 Å². The molecule has 1 aliphatic heterocycles. The zero-order valence-electron chi connectivity index (χ0n) is 13.5. The van der Waals surface area contributed by atoms with Crippen molar-refractivity contribution in [2.24, 2.45) is 0 Å². The highest BCUT2D eigenvalue weighted by atomic mass is 32.2. The molecule has 25 heavy (non-hydrogen) atoms. The van der Waals surface area contributed by atoms with E-state index in [1.807, 2.05) is 29.0 Å². The van der Waals surface area contributed by atoms with Gasteiger partial charge in [0.2, 0.25) is 0 Å². The van der Waals surface area contributed by atoms with E-state index in [0.29, 0.717) is 29.6 Å². The van der Waals surface area contributed by atoms with E-state index in [0.717, 1.165) is 34.9 Å². The summed E-state index contributed by atoms with van der Waals surface area (Å²) >= 11 is 1.61. The van der Waals surface area contributed by atoms with E-state index in [1.54, 1.807) is 18.1 Å². The highest BCUT2D eigenvalue weighted by molar-refractivity contribution is 7.98. The highest BCUT2D eigenvalue weighted by Crippen LogP contribution is 2.39. The fraction of sp³-hybridized carbons (Fsp3) is 0.294. The molecular weight excluding hydrogens is 338 g/mol. The van der Waals surface area contributed by atoms with Crippen LogP contribution in [-0.2, 0) is 6.54 Å². The van der Waals surface area contributed by atoms with E-state index in [2.05, 4.69) is 20.4 Å². The van der Waals surface area contributed by atoms with Crippen LogP contribution in [0, 0.1) is 0 Å². The molecule has 1 fully saturated rings. The van der Waals surface area contributed by atoms with Gasteiger partial charge in [-0.15, -0.1) is 11.8 Å². The molecule has 1 N–H and O–H groups in total. The van der Waals surface area contributed by atoms with Crippen LogP contribution in [0.5, 0.6) is 0 Å². The fourth-order valence-electron chi connectivity index (χ4n) is 3.06. The number of hydrogen-bond donors (Lipinski definition) is 1. The monoisotopic (exact) mass is 353 g/mol. The van der Waals surface area contributed by atoms with E-state index in [-0.39, 0.29) is 5.91 Å². The highest BCUT2D eigenvalue weighted by Gasteiger charge is 2.31. The summed E-state index contributed by atoms with van der Waals surface area (Å²) < 4.78 is 7.34. The number of nitrogens with zero attached hydrogens (tertiary/aromatic N) is 4. The van der Waals surface area contributed by atoms with Gasteiger partial charge in [0.1, 0.15) is 6.33 Å². The zero-order chi connectivity index (χ0) is 17.0. The maximum atomic E-state index is 12.5. The molecular formula is C17H15N5O2S. The molecule has 0 spiro atoms. The van der Waals surface area contributed by atoms with Gasteiger partial charge in [0.05, 0.1) is 23.5 Å². The first-order valence-electron chi connectivity index (χ1n) is 8.11. The minimum atomic E-state index is -0.0928. The van der Waals surface area contributed by atoms with Crippen molar-refractivity contribution in [3.63, 3.8) is 0 Å². The van der Waals surface area contributed by atoms with Crippen LogP contribution in [0.4, 0.5) is 0 Å². The van der Waals surface area contributed by atoms with Crippen molar-refractivity contribution < 1.29 is 9.32 Å². The number of rotatable bonds is 3. The number of carbonyl (C=O) groups excluding carboxylic acids is 1. The number of amides is 1. The van der Waals surface area contributed by atoms with Gasteiger partial charge in [-0.2, -0.15) is 4.98 Å². The number of imidazole rings is 1. The number of thioether (sulfide) groups is 1. The summed E-state index contributed by atoms with van der Waals surface area (Å²) in [6, 6.07) is 5.86. The Balaban J connectivity index is 1.63. The first-order chi connectivity index (χ1) is 12.2. The zero-order valence-corrected chi connectivity index (χ0v) is 14.3. The predicted octanol–water partition coefficient (Wildman–Crippen LogP) is 2.77. The lowest BCUT2D eigenvalue weighted by molar-refractivity contribution is 0.0952. The normalized spacial score (nSPS) is 16.1. The third kappa shape index (κ3) is 2.36. The lowest BCUT2D eigenvalue weighted by Crippen LogP contribution is -2.21. The van der Waals surface area contributed by atoms with Gasteiger partial charge in [0.25, 0.3) is 11.8 Å². The summed E-state index contributed by atoms with van der Waals surface area (Å²) in [6.45, 7) is 0.360. The van der Waals surface area contributed by atoms with Gasteiger partial charge in [0, 0.05) is 10.8 Å². The van der Waals surface area contributed by atoms with Gasteiger partial charge in [-0.25, -0.2) is 4.98 Å². The Morgan fingerprint density at radius 3 is 3.04 bits per heavy atom. The Morgan fingerprint density at radius 2 is 2.24 bits per heavy atom. The SMILES string of the molecule is CSc1ccc2c(c1)C(=O)NCc1c(-c3nc(C4CC4)no3)ncn1-2. The number of fused-ring (bicyclic) bond motifs is 3. The lowest BCUT2D eigenvalue weighted by Gasteiger charge is -2.08. The van der Waals surface area contributed by atoms with Crippen molar-refractivity contribution in [2.75, 3.05) is 6.26 Å². The molecule has 1 amide bonds. The molecule has 1 aliphatic carbocycles. The molecule has 8 heteroatoms. The van der Waals surface area contributed by atoms with Crippen LogP contribution in [0.1, 0.15) is 40.6 Å². The van der Waals surface area contributed by atoms with Crippen LogP contribution in [0.25, 0.3) is 17.3 Å². The maximum absolute atomic E-state index is 12.5. The summed E-state index contributed by atoms with van der Waals surface area (Å²) in [5.41, 5.74) is 2.92. The Morgan fingerprint density at radius 1 is 1.36 bits per heavy atom. The Kier molecular flexibility index (Phi) is 3.21. The van der Waals surface area contributed by atoms with Crippen molar-refractivity contribution >= 4 is 17.7 Å². The molecule has 2 aromatic heterocycles. The fourth-order valence-corrected chi connectivity index (χ4v) is 3.50. The van der Waals surface area contributed by atoms with Gasteiger partial charge in [0.15, 0.2) is 11.5 Å². The quantitative estimate of drug-likeness (QED) is 0.729. The molecule has 7 nitrogen and oxygen atoms in total. The summed E-state index contributed by atoms with van der Waals surface area (Å²) in [4.78, 5) is 22.5. The van der Waals surface area contributed by atoms with Crippen LogP contribution in [0.3, 0.4) is 0 Å². The third-order valence-corrected chi connectivity index (χ3v) is 5.30. The average Bonchev–Trinajstić information content (AvgIpc) is 3.26. The molecule has 1 saturated carbocycles. The second kappa shape index (κ2) is 5.45. The topological polar surface area (TPSA) is 85.8 Å². The van der Waals surface area contributed by atoms with Crippen molar-refractivity contribution in [1.29, 1.82) is 0 Å². The third-order valence-electron chi connectivity index (χ3n) is 4.58. The standard InChI is InChI=1S/C17H15N5O2S/c1-25-10-4-5-12-11(6-10)16(23)18-7-13-14(19-8-22(12)13)17-20-15(21-24-17)9-2-3-9/h4-6,8-9H,2-3,7H2,1H3,(H,18,23). The minimum Gasteiger partial charge on any atom is -0.346 e. The van der Waals surface area contributed by atoms with Crippen molar-refractivity contribution in [1.82, 2.24) is 25.0 Å². The van der Waals surface area contributed by atoms with Gasteiger partial charge in [-0.3, -0.25) is 9.36 Å². The average molecular weight is 353 g/mol. The Bertz CT molecular complexity index is 989. The van der Waals surface area contributed by atoms with E-state index >= 15 is 0 Å². The first kappa shape index (κ1) is 14.7. The number of aromatic nitrogens is 4. The van der Waals surface area contributed by atoms with Crippen LogP contribution < -0.4 is 5.32 Å². The van der Waals surface area contributed by atoms with Crippen molar-refractivity contribution in [3.8, 4) is 17.3 Å². The molecule has 2 aliphatic rings. The molecule has 0 radical (unpaired) electrons. The van der Waals surface area contributed by atoms with Crippen LogP contribution in [-0.4, -0.2) is 31.9 Å². The largest absolute Gasteiger partial charge is 0.346 e. The van der Waals surface area contributed by atoms with Crippen molar-refractivity contribution in [3.05, 3.63) is 41.6 Å². The molecule has 3 heterocycles. The van der Waals surface area contributed by atoms with Crippen LogP contribution in [0.2, 0.25) is 0 Å². The molecule has 3 aromatic rings. The van der Waals surface area contributed by atoms with Crippen LogP contribution in [0.15, 0.2) is 33.9 Å². The summed E-state index contributed by atoms with van der Waals surface area (Å²) in [7, 11) is 0. The predicted molar refractivity (Wildman–Crippen MR) is 91.8 cm³/mol. The van der Waals surface area contributed by atoms with Crippen LogP contribution >= 0.6 is 11.8 Å². The second-order valence-electron chi connectivity index (χ2n) is 6.21. The Labute approximate surface area is 147 Å². The van der Waals surface area contributed by atoms with E-state index in [4.69, 9.17) is 4.52 Å². The van der Waals surface area contributed by atoms with E-state index in [9.17, 15) is 4.79 Å². The summed E-state index contributed by atoms with van der Waals surface area (Å²) in [6.07, 6.45) is 5.93. The first-order valence-corrected chi connectivity index (χ1v) is 9.34. The smallest absolute Gasteiger partial charge is 0.278 e.